The Labute approximate surface area is 113 Å². The van der Waals surface area contributed by atoms with Crippen molar-refractivity contribution in [2.75, 3.05) is 13.2 Å². The van der Waals surface area contributed by atoms with Gasteiger partial charge in [0, 0.05) is 18.5 Å². The maximum Gasteiger partial charge on any atom is 0.306 e. The van der Waals surface area contributed by atoms with Crippen LogP contribution in [0.4, 0.5) is 0 Å². The van der Waals surface area contributed by atoms with Crippen LogP contribution in [0.5, 0.6) is 0 Å². The van der Waals surface area contributed by atoms with E-state index in [9.17, 15) is 14.7 Å². The SMILES string of the molecule is CCOC(=O)CCC(=O)CN1C2CCC1CC(O)C2. The van der Waals surface area contributed by atoms with Gasteiger partial charge in [-0.1, -0.05) is 0 Å². The van der Waals surface area contributed by atoms with Crippen LogP contribution in [-0.2, 0) is 14.3 Å². The second kappa shape index (κ2) is 6.48. The average Bonchev–Trinajstić information content (AvgIpc) is 2.60. The Morgan fingerprint density at radius 1 is 1.21 bits per heavy atom. The first kappa shape index (κ1) is 14.5. The zero-order valence-corrected chi connectivity index (χ0v) is 11.5. The van der Waals surface area contributed by atoms with E-state index in [4.69, 9.17) is 4.74 Å². The second-order valence-corrected chi connectivity index (χ2v) is 5.53. The molecule has 0 aromatic carbocycles. The first-order valence-corrected chi connectivity index (χ1v) is 7.21. The summed E-state index contributed by atoms with van der Waals surface area (Å²) in [4.78, 5) is 25.3. The number of ketones is 1. The highest BCUT2D eigenvalue weighted by molar-refractivity contribution is 5.84. The topological polar surface area (TPSA) is 66.8 Å². The van der Waals surface area contributed by atoms with Gasteiger partial charge in [0.05, 0.1) is 25.7 Å². The molecule has 5 nitrogen and oxygen atoms in total. The number of hydrogen-bond donors (Lipinski definition) is 1. The molecule has 0 spiro atoms. The molecule has 0 saturated carbocycles. The number of rotatable bonds is 6. The summed E-state index contributed by atoms with van der Waals surface area (Å²) in [5.74, 6) is -0.200. The third-order valence-corrected chi connectivity index (χ3v) is 4.13. The molecule has 2 aliphatic rings. The molecule has 2 heterocycles. The molecule has 1 N–H and O–H groups in total. The van der Waals surface area contributed by atoms with Crippen molar-refractivity contribution in [3.05, 3.63) is 0 Å². The summed E-state index contributed by atoms with van der Waals surface area (Å²) in [6.07, 6.45) is 3.95. The Kier molecular flexibility index (Phi) is 4.93. The summed E-state index contributed by atoms with van der Waals surface area (Å²) >= 11 is 0. The van der Waals surface area contributed by atoms with Crippen molar-refractivity contribution in [3.8, 4) is 0 Å². The molecule has 2 unspecified atom stereocenters. The number of ether oxygens (including phenoxy) is 1. The third kappa shape index (κ3) is 3.76. The number of piperidine rings is 1. The van der Waals surface area contributed by atoms with Crippen LogP contribution in [0.1, 0.15) is 45.4 Å². The summed E-state index contributed by atoms with van der Waals surface area (Å²) in [6, 6.07) is 0.695. The predicted molar refractivity (Wildman–Crippen MR) is 69.6 cm³/mol. The number of aliphatic hydroxyl groups excluding tert-OH is 1. The molecule has 2 bridgehead atoms. The molecule has 0 aromatic heterocycles. The molecule has 0 aromatic rings. The third-order valence-electron chi connectivity index (χ3n) is 4.13. The van der Waals surface area contributed by atoms with E-state index in [1.807, 2.05) is 0 Å². The Hall–Kier alpha value is -0.940. The Morgan fingerprint density at radius 3 is 2.42 bits per heavy atom. The first-order chi connectivity index (χ1) is 9.10. The lowest BCUT2D eigenvalue weighted by molar-refractivity contribution is -0.144. The van der Waals surface area contributed by atoms with E-state index in [0.717, 1.165) is 25.7 Å². The standard InChI is InChI=1S/C14H23NO4/c1-2-19-14(18)6-5-12(16)9-15-10-3-4-11(15)8-13(17)7-10/h10-11,13,17H,2-9H2,1H3. The molecule has 0 radical (unpaired) electrons. The molecular weight excluding hydrogens is 246 g/mol. The Bertz CT molecular complexity index is 330. The van der Waals surface area contributed by atoms with Crippen LogP contribution in [-0.4, -0.2) is 53.1 Å². The van der Waals surface area contributed by atoms with Crippen LogP contribution < -0.4 is 0 Å². The van der Waals surface area contributed by atoms with Crippen molar-refractivity contribution >= 4 is 11.8 Å². The maximum absolute atomic E-state index is 11.9. The zero-order chi connectivity index (χ0) is 13.8. The van der Waals surface area contributed by atoms with Crippen molar-refractivity contribution in [2.45, 2.75) is 63.6 Å². The van der Waals surface area contributed by atoms with Gasteiger partial charge in [0.15, 0.2) is 0 Å². The summed E-state index contributed by atoms with van der Waals surface area (Å²) < 4.78 is 4.81. The highest BCUT2D eigenvalue weighted by Crippen LogP contribution is 2.35. The largest absolute Gasteiger partial charge is 0.466 e. The van der Waals surface area contributed by atoms with Crippen LogP contribution >= 0.6 is 0 Å². The highest BCUT2D eigenvalue weighted by Gasteiger charge is 2.40. The van der Waals surface area contributed by atoms with E-state index in [2.05, 4.69) is 4.90 Å². The fraction of sp³-hybridized carbons (Fsp3) is 0.857. The number of hydrogen-bond acceptors (Lipinski definition) is 5. The van der Waals surface area contributed by atoms with Crippen LogP contribution in [0.15, 0.2) is 0 Å². The summed E-state index contributed by atoms with van der Waals surface area (Å²) in [7, 11) is 0. The number of carbonyl (C=O) groups is 2. The summed E-state index contributed by atoms with van der Waals surface area (Å²) in [5.41, 5.74) is 0. The summed E-state index contributed by atoms with van der Waals surface area (Å²) in [6.45, 7) is 2.54. The minimum absolute atomic E-state index is 0.0985. The molecule has 2 rings (SSSR count). The molecule has 0 amide bonds. The molecule has 5 heteroatoms. The van der Waals surface area contributed by atoms with Gasteiger partial charge in [-0.15, -0.1) is 0 Å². The van der Waals surface area contributed by atoms with Crippen molar-refractivity contribution < 1.29 is 19.4 Å². The zero-order valence-electron chi connectivity index (χ0n) is 11.5. The van der Waals surface area contributed by atoms with E-state index in [0.29, 0.717) is 25.2 Å². The Balaban J connectivity index is 1.75. The van der Waals surface area contributed by atoms with Gasteiger partial charge < -0.3 is 9.84 Å². The lowest BCUT2D eigenvalue weighted by Gasteiger charge is -2.36. The van der Waals surface area contributed by atoms with E-state index in [-0.39, 0.29) is 30.7 Å². The van der Waals surface area contributed by atoms with E-state index in [1.165, 1.54) is 0 Å². The van der Waals surface area contributed by atoms with Gasteiger partial charge in [0.1, 0.15) is 5.78 Å². The lowest BCUT2D eigenvalue weighted by atomic mass is 9.99. The molecule has 2 aliphatic heterocycles. The van der Waals surface area contributed by atoms with Crippen LogP contribution in [0.25, 0.3) is 0 Å². The van der Waals surface area contributed by atoms with E-state index < -0.39 is 0 Å². The van der Waals surface area contributed by atoms with Crippen LogP contribution in [0.3, 0.4) is 0 Å². The summed E-state index contributed by atoms with van der Waals surface area (Å²) in [5, 5.41) is 9.70. The van der Waals surface area contributed by atoms with Gasteiger partial charge in [-0.3, -0.25) is 14.5 Å². The fourth-order valence-electron chi connectivity index (χ4n) is 3.26. The molecule has 2 saturated heterocycles. The van der Waals surface area contributed by atoms with Gasteiger partial charge in [-0.2, -0.15) is 0 Å². The number of fused-ring (bicyclic) bond motifs is 2. The maximum atomic E-state index is 11.9. The van der Waals surface area contributed by atoms with Gasteiger partial charge in [-0.05, 0) is 32.6 Å². The number of esters is 1. The highest BCUT2D eigenvalue weighted by atomic mass is 16.5. The quantitative estimate of drug-likeness (QED) is 0.725. The molecule has 108 valence electrons. The van der Waals surface area contributed by atoms with Gasteiger partial charge >= 0.3 is 5.97 Å². The number of nitrogens with zero attached hydrogens (tertiary/aromatic N) is 1. The van der Waals surface area contributed by atoms with Crippen molar-refractivity contribution in [1.29, 1.82) is 0 Å². The van der Waals surface area contributed by atoms with Gasteiger partial charge in [-0.25, -0.2) is 0 Å². The van der Waals surface area contributed by atoms with Gasteiger partial charge in [0.2, 0.25) is 0 Å². The number of aliphatic hydroxyl groups is 1. The number of Topliss-reactive ketones (excluding diaryl/α,β-unsaturated/α-hetero) is 1. The van der Waals surface area contributed by atoms with Crippen molar-refractivity contribution in [2.24, 2.45) is 0 Å². The van der Waals surface area contributed by atoms with Crippen LogP contribution in [0.2, 0.25) is 0 Å². The predicted octanol–water partition coefficient (Wildman–Crippen LogP) is 0.886. The second-order valence-electron chi connectivity index (χ2n) is 5.53. The van der Waals surface area contributed by atoms with Crippen molar-refractivity contribution in [1.82, 2.24) is 4.90 Å². The van der Waals surface area contributed by atoms with Gasteiger partial charge in [0.25, 0.3) is 0 Å². The molecule has 0 aliphatic carbocycles. The molecule has 2 atom stereocenters. The van der Waals surface area contributed by atoms with Crippen molar-refractivity contribution in [3.63, 3.8) is 0 Å². The molecule has 19 heavy (non-hydrogen) atoms. The minimum Gasteiger partial charge on any atom is -0.466 e. The monoisotopic (exact) mass is 269 g/mol. The number of carbonyl (C=O) groups excluding carboxylic acids is 2. The fourth-order valence-corrected chi connectivity index (χ4v) is 3.26. The van der Waals surface area contributed by atoms with Crippen LogP contribution in [0, 0.1) is 0 Å². The van der Waals surface area contributed by atoms with E-state index >= 15 is 0 Å². The first-order valence-electron chi connectivity index (χ1n) is 7.21. The molecule has 2 fully saturated rings. The van der Waals surface area contributed by atoms with E-state index in [1.54, 1.807) is 6.92 Å². The lowest BCUT2D eigenvalue weighted by Crippen LogP contribution is -2.46. The average molecular weight is 269 g/mol. The molecular formula is C14H23NO4. The Morgan fingerprint density at radius 2 is 1.84 bits per heavy atom. The minimum atomic E-state index is -0.298. The normalized spacial score (nSPS) is 30.3. The smallest absolute Gasteiger partial charge is 0.306 e.